The summed E-state index contributed by atoms with van der Waals surface area (Å²) in [6, 6.07) is 0. The highest BCUT2D eigenvalue weighted by molar-refractivity contribution is 5.95. The van der Waals surface area contributed by atoms with E-state index in [1.165, 1.54) is 20.6 Å². The third-order valence-electron chi connectivity index (χ3n) is 3.32. The topological polar surface area (TPSA) is 52.6 Å². The molecular weight excluding hydrogens is 220 g/mol. The Labute approximate surface area is 102 Å². The molecule has 0 aromatic heterocycles. The van der Waals surface area contributed by atoms with Crippen molar-refractivity contribution in [3.8, 4) is 0 Å². The first kappa shape index (κ1) is 13.7. The van der Waals surface area contributed by atoms with Gasteiger partial charge in [0.15, 0.2) is 5.92 Å². The molecule has 0 aliphatic heterocycles. The minimum Gasteiger partial charge on any atom is -0.468 e. The molecule has 0 fully saturated rings. The van der Waals surface area contributed by atoms with Gasteiger partial charge in [-0.2, -0.15) is 0 Å². The van der Waals surface area contributed by atoms with E-state index in [4.69, 9.17) is 0 Å². The van der Waals surface area contributed by atoms with Crippen LogP contribution in [0.2, 0.25) is 0 Å². The highest BCUT2D eigenvalue weighted by Crippen LogP contribution is 2.30. The van der Waals surface area contributed by atoms with Crippen LogP contribution in [0.5, 0.6) is 0 Å². The Kier molecular flexibility index (Phi) is 5.19. The number of esters is 2. The lowest BCUT2D eigenvalue weighted by Crippen LogP contribution is -2.33. The first-order valence-corrected chi connectivity index (χ1v) is 5.96. The minimum atomic E-state index is -0.839. The van der Waals surface area contributed by atoms with Gasteiger partial charge in [0.25, 0.3) is 0 Å². The maximum atomic E-state index is 11.6. The highest BCUT2D eigenvalue weighted by atomic mass is 16.5. The van der Waals surface area contributed by atoms with Gasteiger partial charge in [-0.3, -0.25) is 9.59 Å². The fraction of sp³-hybridized carbons (Fsp3) is 0.692. The second-order valence-corrected chi connectivity index (χ2v) is 4.34. The SMILES string of the molecule is COC(=O)C(C(=O)OC)[C@H](C)C1=CCCCC1. The van der Waals surface area contributed by atoms with E-state index < -0.39 is 17.9 Å². The van der Waals surface area contributed by atoms with Crippen LogP contribution in [0.25, 0.3) is 0 Å². The smallest absolute Gasteiger partial charge is 0.320 e. The standard InChI is InChI=1S/C13H20O4/c1-9(10-7-5-4-6-8-10)11(12(14)16-2)13(15)17-3/h7,9,11H,4-6,8H2,1-3H3/t9-/m1/s1. The molecule has 0 unspecified atom stereocenters. The van der Waals surface area contributed by atoms with Crippen LogP contribution in [0.15, 0.2) is 11.6 Å². The Morgan fingerprint density at radius 1 is 1.18 bits per heavy atom. The second kappa shape index (κ2) is 6.42. The summed E-state index contributed by atoms with van der Waals surface area (Å²) >= 11 is 0. The predicted octanol–water partition coefficient (Wildman–Crippen LogP) is 2.09. The number of carbonyl (C=O) groups excluding carboxylic acids is 2. The summed E-state index contributed by atoms with van der Waals surface area (Å²) < 4.78 is 9.36. The molecule has 4 nitrogen and oxygen atoms in total. The van der Waals surface area contributed by atoms with Crippen molar-refractivity contribution in [1.82, 2.24) is 0 Å². The van der Waals surface area contributed by atoms with Gasteiger partial charge in [-0.25, -0.2) is 0 Å². The van der Waals surface area contributed by atoms with Crippen LogP contribution < -0.4 is 0 Å². The maximum Gasteiger partial charge on any atom is 0.320 e. The van der Waals surface area contributed by atoms with Gasteiger partial charge in [0.05, 0.1) is 14.2 Å². The lowest BCUT2D eigenvalue weighted by atomic mass is 9.82. The number of methoxy groups -OCH3 is 2. The van der Waals surface area contributed by atoms with Gasteiger partial charge in [0.1, 0.15) is 0 Å². The quantitative estimate of drug-likeness (QED) is 0.429. The fourth-order valence-corrected chi connectivity index (χ4v) is 2.25. The minimum absolute atomic E-state index is 0.143. The van der Waals surface area contributed by atoms with Gasteiger partial charge in [0, 0.05) is 5.92 Å². The number of carbonyl (C=O) groups is 2. The van der Waals surface area contributed by atoms with Crippen LogP contribution >= 0.6 is 0 Å². The molecule has 17 heavy (non-hydrogen) atoms. The zero-order valence-electron chi connectivity index (χ0n) is 10.7. The summed E-state index contributed by atoms with van der Waals surface area (Å²) in [5, 5.41) is 0. The fourth-order valence-electron chi connectivity index (χ4n) is 2.25. The number of rotatable bonds is 4. The van der Waals surface area contributed by atoms with E-state index in [9.17, 15) is 9.59 Å². The van der Waals surface area contributed by atoms with E-state index in [0.29, 0.717) is 0 Å². The Morgan fingerprint density at radius 3 is 2.18 bits per heavy atom. The van der Waals surface area contributed by atoms with Gasteiger partial charge in [-0.1, -0.05) is 18.6 Å². The van der Waals surface area contributed by atoms with Crippen molar-refractivity contribution in [2.24, 2.45) is 11.8 Å². The Morgan fingerprint density at radius 2 is 1.76 bits per heavy atom. The van der Waals surface area contributed by atoms with Crippen LogP contribution in [0.1, 0.15) is 32.6 Å². The van der Waals surface area contributed by atoms with Crippen LogP contribution in [0, 0.1) is 11.8 Å². The third-order valence-corrected chi connectivity index (χ3v) is 3.32. The van der Waals surface area contributed by atoms with E-state index in [2.05, 4.69) is 15.5 Å². The molecule has 0 N–H and O–H groups in total. The molecule has 0 amide bonds. The molecule has 4 heteroatoms. The maximum absolute atomic E-state index is 11.6. The second-order valence-electron chi connectivity index (χ2n) is 4.34. The first-order valence-electron chi connectivity index (χ1n) is 5.96. The van der Waals surface area contributed by atoms with Crippen LogP contribution in [-0.4, -0.2) is 26.2 Å². The van der Waals surface area contributed by atoms with Crippen molar-refractivity contribution in [2.45, 2.75) is 32.6 Å². The number of allylic oxidation sites excluding steroid dienone is 2. The summed E-state index contributed by atoms with van der Waals surface area (Å²) in [5.41, 5.74) is 1.16. The van der Waals surface area contributed by atoms with Gasteiger partial charge in [-0.05, 0) is 25.7 Å². The Balaban J connectivity index is 2.85. The van der Waals surface area contributed by atoms with Gasteiger partial charge >= 0.3 is 11.9 Å². The number of hydrogen-bond donors (Lipinski definition) is 0. The molecule has 0 saturated carbocycles. The van der Waals surface area contributed by atoms with Crippen molar-refractivity contribution in [1.29, 1.82) is 0 Å². The van der Waals surface area contributed by atoms with E-state index in [0.717, 1.165) is 24.8 Å². The zero-order valence-corrected chi connectivity index (χ0v) is 10.7. The molecule has 0 radical (unpaired) electrons. The number of ether oxygens (including phenoxy) is 2. The Bertz CT molecular complexity index is 303. The predicted molar refractivity (Wildman–Crippen MR) is 63.2 cm³/mol. The van der Waals surface area contributed by atoms with Gasteiger partial charge in [-0.15, -0.1) is 0 Å². The molecule has 1 atom stereocenters. The van der Waals surface area contributed by atoms with E-state index in [1.807, 2.05) is 6.92 Å². The van der Waals surface area contributed by atoms with Crippen molar-refractivity contribution in [2.75, 3.05) is 14.2 Å². The molecule has 0 aromatic rings. The molecule has 1 aliphatic rings. The van der Waals surface area contributed by atoms with Crippen molar-refractivity contribution in [3.63, 3.8) is 0 Å². The largest absolute Gasteiger partial charge is 0.468 e. The van der Waals surface area contributed by atoms with E-state index in [-0.39, 0.29) is 5.92 Å². The summed E-state index contributed by atoms with van der Waals surface area (Å²) in [5.74, 6) is -2.02. The molecule has 0 saturated heterocycles. The summed E-state index contributed by atoms with van der Waals surface area (Å²) in [6.45, 7) is 1.88. The molecule has 0 spiro atoms. The molecule has 0 bridgehead atoms. The number of hydrogen-bond acceptors (Lipinski definition) is 4. The normalized spacial score (nSPS) is 17.3. The molecule has 0 aromatic carbocycles. The van der Waals surface area contributed by atoms with Crippen molar-refractivity contribution < 1.29 is 19.1 Å². The average molecular weight is 240 g/mol. The van der Waals surface area contributed by atoms with Crippen molar-refractivity contribution in [3.05, 3.63) is 11.6 Å². The third kappa shape index (κ3) is 3.32. The van der Waals surface area contributed by atoms with Crippen LogP contribution in [0.4, 0.5) is 0 Å². The molecular formula is C13H20O4. The summed E-state index contributed by atoms with van der Waals surface area (Å²) in [6.07, 6.45) is 6.40. The lowest BCUT2D eigenvalue weighted by Gasteiger charge is -2.24. The summed E-state index contributed by atoms with van der Waals surface area (Å²) in [7, 11) is 2.58. The van der Waals surface area contributed by atoms with E-state index in [1.54, 1.807) is 0 Å². The summed E-state index contributed by atoms with van der Waals surface area (Å²) in [4.78, 5) is 23.3. The molecule has 1 aliphatic carbocycles. The first-order chi connectivity index (χ1) is 8.11. The van der Waals surface area contributed by atoms with Gasteiger partial charge < -0.3 is 9.47 Å². The van der Waals surface area contributed by atoms with Gasteiger partial charge in [0.2, 0.25) is 0 Å². The Hall–Kier alpha value is -1.32. The average Bonchev–Trinajstić information content (AvgIpc) is 2.39. The highest BCUT2D eigenvalue weighted by Gasteiger charge is 2.36. The molecule has 1 rings (SSSR count). The lowest BCUT2D eigenvalue weighted by molar-refractivity contribution is -0.160. The molecule has 96 valence electrons. The van der Waals surface area contributed by atoms with Crippen molar-refractivity contribution >= 4 is 11.9 Å². The zero-order chi connectivity index (χ0) is 12.8. The monoisotopic (exact) mass is 240 g/mol. The van der Waals surface area contributed by atoms with Crippen LogP contribution in [-0.2, 0) is 19.1 Å². The molecule has 0 heterocycles. The van der Waals surface area contributed by atoms with Crippen LogP contribution in [0.3, 0.4) is 0 Å². The van der Waals surface area contributed by atoms with E-state index >= 15 is 0 Å².